The van der Waals surface area contributed by atoms with Crippen molar-refractivity contribution in [2.24, 2.45) is 5.92 Å². The summed E-state index contributed by atoms with van der Waals surface area (Å²) in [6.45, 7) is 1.15. The van der Waals surface area contributed by atoms with Crippen LogP contribution < -0.4 is 4.90 Å². The lowest BCUT2D eigenvalue weighted by Gasteiger charge is -2.33. The van der Waals surface area contributed by atoms with Gasteiger partial charge in [0.25, 0.3) is 11.6 Å². The second kappa shape index (κ2) is 8.16. The third-order valence-corrected chi connectivity index (χ3v) is 4.98. The van der Waals surface area contributed by atoms with Crippen molar-refractivity contribution >= 4 is 57.9 Å². The molecule has 0 spiro atoms. The van der Waals surface area contributed by atoms with Crippen molar-refractivity contribution in [3.05, 3.63) is 61.4 Å². The molecule has 13 heteroatoms. The minimum absolute atomic E-state index is 0.234. The summed E-state index contributed by atoms with van der Waals surface area (Å²) in [6, 6.07) is 1.42. The molecule has 8 nitrogen and oxygen atoms in total. The number of carbonyl (C=O) groups excluding carboxylic acids is 3. The number of hydrogen-bond donors (Lipinski definition) is 0. The number of halogens is 5. The van der Waals surface area contributed by atoms with E-state index >= 15 is 0 Å². The van der Waals surface area contributed by atoms with Gasteiger partial charge in [0.15, 0.2) is 23.3 Å². The summed E-state index contributed by atoms with van der Waals surface area (Å²) in [5.41, 5.74) is -3.21. The van der Waals surface area contributed by atoms with Gasteiger partial charge >= 0.3 is 5.97 Å². The van der Waals surface area contributed by atoms with Gasteiger partial charge in [-0.1, -0.05) is 23.2 Å². The van der Waals surface area contributed by atoms with E-state index in [0.29, 0.717) is 23.1 Å². The van der Waals surface area contributed by atoms with E-state index < -0.39 is 78.6 Å². The van der Waals surface area contributed by atoms with Gasteiger partial charge in [-0.25, -0.2) is 13.2 Å². The second-order valence-electron chi connectivity index (χ2n) is 6.12. The van der Waals surface area contributed by atoms with E-state index in [1.807, 2.05) is 0 Å². The van der Waals surface area contributed by atoms with Crippen molar-refractivity contribution in [1.82, 2.24) is 0 Å². The second-order valence-corrected chi connectivity index (χ2v) is 6.90. The number of ketones is 1. The molecule has 0 fully saturated rings. The van der Waals surface area contributed by atoms with Gasteiger partial charge in [-0.05, 0) is 13.0 Å². The van der Waals surface area contributed by atoms with E-state index in [1.54, 1.807) is 0 Å². The van der Waals surface area contributed by atoms with Gasteiger partial charge in [-0.2, -0.15) is 0 Å². The topological polar surface area (TPSA) is 107 Å². The van der Waals surface area contributed by atoms with E-state index in [2.05, 4.69) is 4.74 Å². The lowest BCUT2D eigenvalue weighted by atomic mass is 9.89. The molecule has 1 amide bonds. The van der Waals surface area contributed by atoms with Crippen molar-refractivity contribution in [1.29, 1.82) is 0 Å². The fourth-order valence-corrected chi connectivity index (χ4v) is 3.51. The zero-order valence-electron chi connectivity index (χ0n) is 15.3. The van der Waals surface area contributed by atoms with Crippen LogP contribution in [0.5, 0.6) is 0 Å². The van der Waals surface area contributed by atoms with Crippen LogP contribution in [0.15, 0.2) is 18.2 Å². The maximum atomic E-state index is 14.7. The molecule has 31 heavy (non-hydrogen) atoms. The van der Waals surface area contributed by atoms with Crippen LogP contribution in [-0.2, 0) is 14.3 Å². The molecule has 1 aliphatic heterocycles. The number of benzene rings is 2. The summed E-state index contributed by atoms with van der Waals surface area (Å²) in [5, 5.41) is 9.51. The average Bonchev–Trinajstić information content (AvgIpc) is 2.68. The number of fused-ring (bicyclic) bond motifs is 1. The molecule has 162 valence electrons. The van der Waals surface area contributed by atoms with Crippen LogP contribution in [0.25, 0.3) is 0 Å². The molecule has 0 saturated carbocycles. The number of carbonyl (C=O) groups is 3. The highest BCUT2D eigenvalue weighted by Crippen LogP contribution is 2.45. The summed E-state index contributed by atoms with van der Waals surface area (Å²) < 4.78 is 47.5. The van der Waals surface area contributed by atoms with E-state index in [0.717, 1.165) is 0 Å². The molecule has 1 heterocycles. The molecular formula is C18H9Cl2F3N2O6. The Morgan fingerprint density at radius 2 is 1.84 bits per heavy atom. The third kappa shape index (κ3) is 3.59. The molecule has 1 aliphatic rings. The van der Waals surface area contributed by atoms with Gasteiger partial charge in [0.2, 0.25) is 0 Å². The Bertz CT molecular complexity index is 1170. The van der Waals surface area contributed by atoms with Crippen molar-refractivity contribution in [2.45, 2.75) is 6.92 Å². The summed E-state index contributed by atoms with van der Waals surface area (Å²) in [5.74, 6) is -10.8. The van der Waals surface area contributed by atoms with E-state index in [1.165, 1.54) is 6.92 Å². The van der Waals surface area contributed by atoms with E-state index in [-0.39, 0.29) is 6.61 Å². The van der Waals surface area contributed by atoms with Gasteiger partial charge in [-0.15, -0.1) is 0 Å². The Hall–Kier alpha value is -3.18. The number of Topliss-reactive ketones (excluding diaryl/α,β-unsaturated/α-hetero) is 1. The number of nitro benzene ring substituents is 1. The molecule has 0 N–H and O–H groups in total. The summed E-state index contributed by atoms with van der Waals surface area (Å²) >= 11 is 11.5. The predicted molar refractivity (Wildman–Crippen MR) is 101 cm³/mol. The van der Waals surface area contributed by atoms with Gasteiger partial charge in [0.1, 0.15) is 15.9 Å². The number of ether oxygens (including phenoxy) is 1. The van der Waals surface area contributed by atoms with Crippen LogP contribution in [0.3, 0.4) is 0 Å². The van der Waals surface area contributed by atoms with Gasteiger partial charge < -0.3 is 4.74 Å². The van der Waals surface area contributed by atoms with Crippen molar-refractivity contribution in [3.8, 4) is 0 Å². The maximum Gasteiger partial charge on any atom is 0.326 e. The smallest absolute Gasteiger partial charge is 0.326 e. The lowest BCUT2D eigenvalue weighted by molar-refractivity contribution is -0.384. The average molecular weight is 477 g/mol. The van der Waals surface area contributed by atoms with E-state index in [9.17, 15) is 37.7 Å². The zero-order valence-corrected chi connectivity index (χ0v) is 16.8. The van der Waals surface area contributed by atoms with Crippen LogP contribution in [0.2, 0.25) is 10.0 Å². The summed E-state index contributed by atoms with van der Waals surface area (Å²) in [6.07, 6.45) is 0. The zero-order chi connectivity index (χ0) is 23.2. The quantitative estimate of drug-likeness (QED) is 0.213. The molecule has 0 saturated heterocycles. The highest BCUT2D eigenvalue weighted by atomic mass is 35.5. The van der Waals surface area contributed by atoms with Crippen LogP contribution in [0.1, 0.15) is 17.3 Å². The number of nitrogens with zero attached hydrogens (tertiary/aromatic N) is 2. The molecule has 0 radical (unpaired) electrons. The lowest BCUT2D eigenvalue weighted by Crippen LogP contribution is -2.47. The Labute approximate surface area is 181 Å². The Kier molecular flexibility index (Phi) is 5.92. The van der Waals surface area contributed by atoms with E-state index in [4.69, 9.17) is 23.2 Å². The van der Waals surface area contributed by atoms with Crippen molar-refractivity contribution in [3.63, 3.8) is 0 Å². The molecular weight excluding hydrogens is 468 g/mol. The van der Waals surface area contributed by atoms with Gasteiger partial charge in [-0.3, -0.25) is 29.4 Å². The highest BCUT2D eigenvalue weighted by molar-refractivity contribution is 6.39. The SMILES string of the molecule is CCOC(=O)C1C(=O)c2cc(F)c(F)c(Cl)c2N(c2cc([N+](=O)[O-])c(Cl)cc2F)C1=O. The largest absolute Gasteiger partial charge is 0.465 e. The molecule has 0 aromatic heterocycles. The van der Waals surface area contributed by atoms with Crippen molar-refractivity contribution < 1.29 is 37.2 Å². The fraction of sp³-hybridized carbons (Fsp3) is 0.167. The van der Waals surface area contributed by atoms with Crippen LogP contribution in [0, 0.1) is 33.5 Å². The Morgan fingerprint density at radius 3 is 2.42 bits per heavy atom. The number of hydrogen-bond acceptors (Lipinski definition) is 6. The van der Waals surface area contributed by atoms with Crippen LogP contribution in [0.4, 0.5) is 30.2 Å². The molecule has 2 aromatic carbocycles. The fourth-order valence-electron chi connectivity index (χ4n) is 3.01. The summed E-state index contributed by atoms with van der Waals surface area (Å²) in [7, 11) is 0. The van der Waals surface area contributed by atoms with Crippen molar-refractivity contribution in [2.75, 3.05) is 11.5 Å². The predicted octanol–water partition coefficient (Wildman–Crippen LogP) is 4.36. The Balaban J connectivity index is 2.38. The maximum absolute atomic E-state index is 14.7. The highest BCUT2D eigenvalue weighted by Gasteiger charge is 2.48. The number of nitro groups is 1. The van der Waals surface area contributed by atoms with Gasteiger partial charge in [0, 0.05) is 17.7 Å². The minimum Gasteiger partial charge on any atom is -0.465 e. The monoisotopic (exact) mass is 476 g/mol. The normalized spacial score (nSPS) is 15.7. The molecule has 0 bridgehead atoms. The number of esters is 1. The molecule has 3 rings (SSSR count). The summed E-state index contributed by atoms with van der Waals surface area (Å²) in [4.78, 5) is 48.5. The van der Waals surface area contributed by atoms with Gasteiger partial charge in [0.05, 0.1) is 22.9 Å². The molecule has 1 unspecified atom stereocenters. The first-order valence-electron chi connectivity index (χ1n) is 8.36. The standard InChI is InChI=1S/C18H9Cl2F3N2O6/c1-2-31-18(28)12-16(26)6-3-9(22)14(23)13(20)15(6)24(17(12)27)11-5-10(25(29)30)7(19)4-8(11)21/h3-5,12H,2H2,1H3. The third-order valence-electron chi connectivity index (χ3n) is 4.33. The van der Waals surface area contributed by atoms with Crippen LogP contribution >= 0.6 is 23.2 Å². The first kappa shape index (κ1) is 22.5. The minimum atomic E-state index is -2.21. The number of amides is 1. The molecule has 2 aromatic rings. The number of anilines is 2. The first-order chi connectivity index (χ1) is 14.5. The molecule has 0 aliphatic carbocycles. The Morgan fingerprint density at radius 1 is 1.19 bits per heavy atom. The number of rotatable bonds is 4. The molecule has 1 atom stereocenters. The van der Waals surface area contributed by atoms with Crippen LogP contribution in [-0.4, -0.2) is 29.2 Å². The first-order valence-corrected chi connectivity index (χ1v) is 9.12.